The summed E-state index contributed by atoms with van der Waals surface area (Å²) in [6, 6.07) is 1.89. The first-order chi connectivity index (χ1) is 9.65. The van der Waals surface area contributed by atoms with Gasteiger partial charge in [-0.05, 0) is 26.7 Å². The van der Waals surface area contributed by atoms with Crippen molar-refractivity contribution in [3.8, 4) is 0 Å². The number of anilines is 2. The number of nitrogens with zero attached hydrogens (tertiary/aromatic N) is 2. The zero-order valence-electron chi connectivity index (χ0n) is 12.5. The van der Waals surface area contributed by atoms with Crippen LogP contribution in [0.2, 0.25) is 0 Å². The van der Waals surface area contributed by atoms with Crippen molar-refractivity contribution in [2.75, 3.05) is 30.3 Å². The monoisotopic (exact) mass is 280 g/mol. The topological polar surface area (TPSA) is 76.1 Å². The molecule has 0 aliphatic rings. The van der Waals surface area contributed by atoms with Gasteiger partial charge in [-0.1, -0.05) is 6.92 Å². The molecule has 0 saturated heterocycles. The molecule has 6 heteroatoms. The van der Waals surface area contributed by atoms with Gasteiger partial charge in [0.15, 0.2) is 0 Å². The van der Waals surface area contributed by atoms with E-state index in [1.54, 1.807) is 0 Å². The van der Waals surface area contributed by atoms with E-state index < -0.39 is 0 Å². The summed E-state index contributed by atoms with van der Waals surface area (Å²) in [6.45, 7) is 7.81. The van der Waals surface area contributed by atoms with Gasteiger partial charge < -0.3 is 15.4 Å². The second kappa shape index (κ2) is 9.12. The van der Waals surface area contributed by atoms with Crippen LogP contribution in [-0.4, -0.2) is 35.6 Å². The molecule has 0 aliphatic carbocycles. The molecule has 6 nitrogen and oxygen atoms in total. The number of hydrogen-bond acceptors (Lipinski definition) is 6. The molecular weight excluding hydrogens is 256 g/mol. The van der Waals surface area contributed by atoms with E-state index in [1.807, 2.05) is 19.9 Å². The minimum atomic E-state index is -0.154. The lowest BCUT2D eigenvalue weighted by Gasteiger charge is -2.09. The van der Waals surface area contributed by atoms with Crippen LogP contribution in [0.25, 0.3) is 0 Å². The predicted molar refractivity (Wildman–Crippen MR) is 79.9 cm³/mol. The van der Waals surface area contributed by atoms with Gasteiger partial charge in [-0.2, -0.15) is 4.98 Å². The maximum atomic E-state index is 11.2. The highest BCUT2D eigenvalue weighted by Crippen LogP contribution is 2.09. The van der Waals surface area contributed by atoms with E-state index in [9.17, 15) is 4.79 Å². The number of rotatable bonds is 9. The second-order valence-corrected chi connectivity index (χ2v) is 4.48. The smallest absolute Gasteiger partial charge is 0.305 e. The molecule has 112 valence electrons. The van der Waals surface area contributed by atoms with E-state index in [0.29, 0.717) is 25.5 Å². The Morgan fingerprint density at radius 2 is 2.05 bits per heavy atom. The molecule has 20 heavy (non-hydrogen) atoms. The number of carbonyl (C=O) groups is 1. The zero-order chi connectivity index (χ0) is 14.8. The molecule has 1 heterocycles. The van der Waals surface area contributed by atoms with Gasteiger partial charge >= 0.3 is 5.97 Å². The Bertz CT molecular complexity index is 424. The second-order valence-electron chi connectivity index (χ2n) is 4.48. The maximum Gasteiger partial charge on any atom is 0.305 e. The van der Waals surface area contributed by atoms with Crippen LogP contribution in [0.5, 0.6) is 0 Å². The Hall–Kier alpha value is -1.85. The van der Waals surface area contributed by atoms with Crippen molar-refractivity contribution in [3.63, 3.8) is 0 Å². The van der Waals surface area contributed by atoms with Crippen LogP contribution < -0.4 is 10.6 Å². The van der Waals surface area contributed by atoms with E-state index in [2.05, 4.69) is 27.5 Å². The normalized spacial score (nSPS) is 10.2. The molecule has 1 aromatic rings. The SMILES string of the molecule is CCCNc1nc(C)cc(NCCCC(=O)OCC)n1. The Balaban J connectivity index is 2.39. The quantitative estimate of drug-likeness (QED) is 0.534. The Morgan fingerprint density at radius 3 is 2.75 bits per heavy atom. The Labute approximate surface area is 120 Å². The number of esters is 1. The fourth-order valence-electron chi connectivity index (χ4n) is 1.66. The predicted octanol–water partition coefficient (Wildman–Crippen LogP) is 2.36. The summed E-state index contributed by atoms with van der Waals surface area (Å²) in [5, 5.41) is 6.37. The lowest BCUT2D eigenvalue weighted by atomic mass is 10.3. The lowest BCUT2D eigenvalue weighted by Crippen LogP contribution is -2.11. The lowest BCUT2D eigenvalue weighted by molar-refractivity contribution is -0.143. The van der Waals surface area contributed by atoms with Crippen LogP contribution in [0.3, 0.4) is 0 Å². The van der Waals surface area contributed by atoms with Crippen molar-refractivity contribution in [2.45, 2.75) is 40.0 Å². The van der Waals surface area contributed by atoms with Gasteiger partial charge in [0.25, 0.3) is 0 Å². The van der Waals surface area contributed by atoms with Crippen molar-refractivity contribution < 1.29 is 9.53 Å². The summed E-state index contributed by atoms with van der Waals surface area (Å²) >= 11 is 0. The number of nitrogens with one attached hydrogen (secondary N) is 2. The molecule has 0 radical (unpaired) electrons. The maximum absolute atomic E-state index is 11.2. The van der Waals surface area contributed by atoms with Gasteiger partial charge in [0.2, 0.25) is 5.95 Å². The first-order valence-electron chi connectivity index (χ1n) is 7.14. The van der Waals surface area contributed by atoms with Crippen LogP contribution >= 0.6 is 0 Å². The van der Waals surface area contributed by atoms with Crippen LogP contribution in [0, 0.1) is 6.92 Å². The summed E-state index contributed by atoms with van der Waals surface area (Å²) in [4.78, 5) is 19.9. The highest BCUT2D eigenvalue weighted by molar-refractivity contribution is 5.69. The Kier molecular flexibility index (Phi) is 7.39. The fourth-order valence-corrected chi connectivity index (χ4v) is 1.66. The molecule has 0 unspecified atom stereocenters. The van der Waals surface area contributed by atoms with Crippen LogP contribution in [-0.2, 0) is 9.53 Å². The molecule has 0 aromatic carbocycles. The van der Waals surface area contributed by atoms with Gasteiger partial charge in [-0.3, -0.25) is 4.79 Å². The van der Waals surface area contributed by atoms with E-state index >= 15 is 0 Å². The van der Waals surface area contributed by atoms with Gasteiger partial charge in [-0.15, -0.1) is 0 Å². The zero-order valence-corrected chi connectivity index (χ0v) is 12.5. The number of aryl methyl sites for hydroxylation is 1. The molecule has 2 N–H and O–H groups in total. The standard InChI is InChI=1S/C14H24N4O2/c1-4-8-16-14-17-11(3)10-12(18-14)15-9-6-7-13(19)20-5-2/h10H,4-9H2,1-3H3,(H2,15,16,17,18). The van der Waals surface area contributed by atoms with Crippen molar-refractivity contribution in [3.05, 3.63) is 11.8 Å². The van der Waals surface area contributed by atoms with Crippen LogP contribution in [0.4, 0.5) is 11.8 Å². The van der Waals surface area contributed by atoms with Crippen LogP contribution in [0.15, 0.2) is 6.07 Å². The third-order valence-electron chi connectivity index (χ3n) is 2.56. The average molecular weight is 280 g/mol. The molecule has 0 atom stereocenters. The average Bonchev–Trinajstić information content (AvgIpc) is 2.41. The van der Waals surface area contributed by atoms with Crippen LogP contribution in [0.1, 0.15) is 38.8 Å². The van der Waals surface area contributed by atoms with Crippen molar-refractivity contribution in [2.24, 2.45) is 0 Å². The van der Waals surface area contributed by atoms with Crippen molar-refractivity contribution in [1.82, 2.24) is 9.97 Å². The molecule has 0 fully saturated rings. The summed E-state index contributed by atoms with van der Waals surface area (Å²) in [7, 11) is 0. The largest absolute Gasteiger partial charge is 0.466 e. The Morgan fingerprint density at radius 1 is 1.25 bits per heavy atom. The molecule has 0 aliphatic heterocycles. The number of aromatic nitrogens is 2. The number of carbonyl (C=O) groups excluding carboxylic acids is 1. The highest BCUT2D eigenvalue weighted by Gasteiger charge is 2.03. The molecule has 0 saturated carbocycles. The van der Waals surface area contributed by atoms with Crippen molar-refractivity contribution >= 4 is 17.7 Å². The molecular formula is C14H24N4O2. The molecule has 0 spiro atoms. The third-order valence-corrected chi connectivity index (χ3v) is 2.56. The number of hydrogen-bond donors (Lipinski definition) is 2. The molecule has 1 aromatic heterocycles. The van der Waals surface area contributed by atoms with E-state index in [0.717, 1.165) is 30.9 Å². The minimum absolute atomic E-state index is 0.154. The van der Waals surface area contributed by atoms with E-state index in [-0.39, 0.29) is 5.97 Å². The summed E-state index contributed by atoms with van der Waals surface area (Å²) in [5.74, 6) is 1.26. The molecule has 0 bridgehead atoms. The molecule has 0 amide bonds. The fraction of sp³-hybridized carbons (Fsp3) is 0.643. The third kappa shape index (κ3) is 6.36. The van der Waals surface area contributed by atoms with Gasteiger partial charge in [-0.25, -0.2) is 4.98 Å². The summed E-state index contributed by atoms with van der Waals surface area (Å²) in [5.41, 5.74) is 0.909. The summed E-state index contributed by atoms with van der Waals surface area (Å²) in [6.07, 6.45) is 2.17. The summed E-state index contributed by atoms with van der Waals surface area (Å²) < 4.78 is 4.87. The van der Waals surface area contributed by atoms with E-state index in [4.69, 9.17) is 4.74 Å². The highest BCUT2D eigenvalue weighted by atomic mass is 16.5. The molecule has 1 rings (SSSR count). The first-order valence-corrected chi connectivity index (χ1v) is 7.14. The van der Waals surface area contributed by atoms with Gasteiger partial charge in [0.1, 0.15) is 5.82 Å². The first kappa shape index (κ1) is 16.2. The van der Waals surface area contributed by atoms with Gasteiger partial charge in [0.05, 0.1) is 6.61 Å². The van der Waals surface area contributed by atoms with Crippen molar-refractivity contribution in [1.29, 1.82) is 0 Å². The van der Waals surface area contributed by atoms with E-state index in [1.165, 1.54) is 0 Å². The minimum Gasteiger partial charge on any atom is -0.466 e. The number of ether oxygens (including phenoxy) is 1. The van der Waals surface area contributed by atoms with Gasteiger partial charge in [0, 0.05) is 31.3 Å².